The molecule has 1 fully saturated rings. The van der Waals surface area contributed by atoms with Gasteiger partial charge in [0.1, 0.15) is 0 Å². The molecule has 3 unspecified atom stereocenters. The first-order valence-electron chi connectivity index (χ1n) is 6.07. The Morgan fingerprint density at radius 1 is 1.28 bits per heavy atom. The zero-order valence-electron chi connectivity index (χ0n) is 11.2. The summed E-state index contributed by atoms with van der Waals surface area (Å²) in [4.78, 5) is 6.73. The summed E-state index contributed by atoms with van der Waals surface area (Å²) in [6.45, 7) is 8.99. The molecule has 104 valence electrons. The quantitative estimate of drug-likeness (QED) is 0.908. The third-order valence-corrected chi connectivity index (χ3v) is 3.30. The number of piperazine rings is 1. The van der Waals surface area contributed by atoms with Gasteiger partial charge >= 0.3 is 0 Å². The van der Waals surface area contributed by atoms with Gasteiger partial charge < -0.3 is 5.32 Å². The van der Waals surface area contributed by atoms with Crippen molar-refractivity contribution in [3.05, 3.63) is 30.1 Å². The van der Waals surface area contributed by atoms with E-state index in [1.54, 1.807) is 0 Å². The molecule has 0 spiro atoms. The van der Waals surface area contributed by atoms with Crippen molar-refractivity contribution in [2.75, 3.05) is 13.1 Å². The third-order valence-electron chi connectivity index (χ3n) is 3.30. The van der Waals surface area contributed by atoms with E-state index in [2.05, 4.69) is 42.0 Å². The molecule has 2 heterocycles. The maximum atomic E-state index is 4.20. The Balaban J connectivity index is 0.00000144. The average molecular weight is 292 g/mol. The van der Waals surface area contributed by atoms with Gasteiger partial charge in [-0.2, -0.15) is 0 Å². The summed E-state index contributed by atoms with van der Waals surface area (Å²) in [5.74, 6) is 0. The van der Waals surface area contributed by atoms with Crippen molar-refractivity contribution in [1.82, 2.24) is 15.2 Å². The Labute approximate surface area is 122 Å². The molecule has 3 nitrogen and oxygen atoms in total. The van der Waals surface area contributed by atoms with Gasteiger partial charge in [-0.25, -0.2) is 0 Å². The number of halogens is 2. The predicted octanol–water partition coefficient (Wildman–Crippen LogP) is 2.67. The summed E-state index contributed by atoms with van der Waals surface area (Å²) in [6, 6.07) is 5.78. The first-order chi connectivity index (χ1) is 7.66. The fourth-order valence-corrected chi connectivity index (χ4v) is 2.52. The molecule has 0 saturated carbocycles. The normalized spacial score (nSPS) is 25.7. The molecule has 0 aliphatic carbocycles. The van der Waals surface area contributed by atoms with Crippen LogP contribution in [0, 0.1) is 0 Å². The smallest absolute Gasteiger partial charge is 0.0336 e. The molecule has 1 aliphatic heterocycles. The van der Waals surface area contributed by atoms with Crippen LogP contribution in [0.5, 0.6) is 0 Å². The van der Waals surface area contributed by atoms with Crippen LogP contribution < -0.4 is 5.32 Å². The molecule has 1 aromatic heterocycles. The molecule has 0 aromatic carbocycles. The molecule has 2 rings (SSSR count). The maximum Gasteiger partial charge on any atom is 0.0336 e. The number of hydrogen-bond donors (Lipinski definition) is 1. The Kier molecular flexibility index (Phi) is 7.79. The van der Waals surface area contributed by atoms with Gasteiger partial charge in [-0.15, -0.1) is 24.8 Å². The van der Waals surface area contributed by atoms with Crippen LogP contribution in [0.3, 0.4) is 0 Å². The van der Waals surface area contributed by atoms with Gasteiger partial charge in [-0.3, -0.25) is 9.88 Å². The highest BCUT2D eigenvalue weighted by Gasteiger charge is 2.25. The van der Waals surface area contributed by atoms with Crippen molar-refractivity contribution in [2.45, 2.75) is 38.9 Å². The van der Waals surface area contributed by atoms with Crippen LogP contribution in [0.2, 0.25) is 0 Å². The van der Waals surface area contributed by atoms with Gasteiger partial charge in [0.15, 0.2) is 0 Å². The van der Waals surface area contributed by atoms with Crippen molar-refractivity contribution < 1.29 is 0 Å². The lowest BCUT2D eigenvalue weighted by molar-refractivity contribution is 0.131. The monoisotopic (exact) mass is 291 g/mol. The first kappa shape index (κ1) is 17.6. The van der Waals surface area contributed by atoms with E-state index in [9.17, 15) is 0 Å². The average Bonchev–Trinajstić information content (AvgIpc) is 2.28. The standard InChI is InChI=1S/C13H21N3.2ClH/c1-10-8-16(9-11(2)15-10)12(3)13-5-4-6-14-7-13;;/h4-7,10-12,15H,8-9H2,1-3H3;2*1H. The van der Waals surface area contributed by atoms with Crippen molar-refractivity contribution in [1.29, 1.82) is 0 Å². The van der Waals surface area contributed by atoms with E-state index in [-0.39, 0.29) is 24.8 Å². The first-order valence-corrected chi connectivity index (χ1v) is 6.07. The number of pyridine rings is 1. The van der Waals surface area contributed by atoms with Gasteiger partial charge in [0.2, 0.25) is 0 Å². The molecule has 0 bridgehead atoms. The van der Waals surface area contributed by atoms with E-state index in [1.165, 1.54) is 5.56 Å². The molecule has 0 radical (unpaired) electrons. The van der Waals surface area contributed by atoms with Crippen LogP contribution in [-0.4, -0.2) is 35.1 Å². The van der Waals surface area contributed by atoms with Crippen LogP contribution in [0.25, 0.3) is 0 Å². The zero-order valence-corrected chi connectivity index (χ0v) is 12.8. The predicted molar refractivity (Wildman–Crippen MR) is 80.8 cm³/mol. The minimum atomic E-state index is 0. The van der Waals surface area contributed by atoms with Crippen LogP contribution in [0.1, 0.15) is 32.4 Å². The third kappa shape index (κ3) is 4.39. The summed E-state index contributed by atoms with van der Waals surface area (Å²) < 4.78 is 0. The second-order valence-corrected chi connectivity index (χ2v) is 4.88. The topological polar surface area (TPSA) is 28.2 Å². The Bertz CT molecular complexity index is 324. The summed E-state index contributed by atoms with van der Waals surface area (Å²) >= 11 is 0. The SMILES string of the molecule is CC1CN(C(C)c2cccnc2)CC(C)N1.Cl.Cl. The van der Waals surface area contributed by atoms with E-state index in [1.807, 2.05) is 18.5 Å². The highest BCUT2D eigenvalue weighted by molar-refractivity contribution is 5.85. The Morgan fingerprint density at radius 3 is 2.39 bits per heavy atom. The molecule has 1 saturated heterocycles. The second-order valence-electron chi connectivity index (χ2n) is 4.88. The fraction of sp³-hybridized carbons (Fsp3) is 0.615. The Morgan fingerprint density at radius 2 is 1.89 bits per heavy atom. The number of nitrogens with zero attached hydrogens (tertiary/aromatic N) is 2. The van der Waals surface area contributed by atoms with E-state index in [0.29, 0.717) is 18.1 Å². The number of nitrogens with one attached hydrogen (secondary N) is 1. The number of rotatable bonds is 2. The second kappa shape index (κ2) is 7.95. The molecule has 5 heteroatoms. The van der Waals surface area contributed by atoms with Crippen LogP contribution in [0.15, 0.2) is 24.5 Å². The van der Waals surface area contributed by atoms with Crippen LogP contribution in [-0.2, 0) is 0 Å². The molecule has 1 aliphatic rings. The van der Waals surface area contributed by atoms with Gasteiger partial charge in [-0.05, 0) is 32.4 Å². The minimum absolute atomic E-state index is 0. The largest absolute Gasteiger partial charge is 0.309 e. The fourth-order valence-electron chi connectivity index (χ4n) is 2.52. The molecule has 18 heavy (non-hydrogen) atoms. The number of hydrogen-bond acceptors (Lipinski definition) is 3. The molecular weight excluding hydrogens is 269 g/mol. The van der Waals surface area contributed by atoms with Crippen molar-refractivity contribution in [2.24, 2.45) is 0 Å². The minimum Gasteiger partial charge on any atom is -0.309 e. The van der Waals surface area contributed by atoms with Gasteiger partial charge in [0, 0.05) is 43.6 Å². The van der Waals surface area contributed by atoms with Gasteiger partial charge in [-0.1, -0.05) is 6.07 Å². The van der Waals surface area contributed by atoms with Gasteiger partial charge in [0.05, 0.1) is 0 Å². The van der Waals surface area contributed by atoms with Crippen molar-refractivity contribution >= 4 is 24.8 Å². The highest BCUT2D eigenvalue weighted by atomic mass is 35.5. The van der Waals surface area contributed by atoms with E-state index < -0.39 is 0 Å². The Hall–Kier alpha value is -0.350. The molecule has 0 amide bonds. The molecule has 1 N–H and O–H groups in total. The lowest BCUT2D eigenvalue weighted by Crippen LogP contribution is -2.54. The molecule has 3 atom stereocenters. The van der Waals surface area contributed by atoms with E-state index >= 15 is 0 Å². The summed E-state index contributed by atoms with van der Waals surface area (Å²) in [6.07, 6.45) is 3.81. The lowest BCUT2D eigenvalue weighted by Gasteiger charge is -2.39. The summed E-state index contributed by atoms with van der Waals surface area (Å²) in [5, 5.41) is 3.56. The van der Waals surface area contributed by atoms with E-state index in [0.717, 1.165) is 13.1 Å². The van der Waals surface area contributed by atoms with Gasteiger partial charge in [0.25, 0.3) is 0 Å². The number of aromatic nitrogens is 1. The summed E-state index contributed by atoms with van der Waals surface area (Å²) in [7, 11) is 0. The highest BCUT2D eigenvalue weighted by Crippen LogP contribution is 2.21. The molecular formula is C13H23Cl2N3. The zero-order chi connectivity index (χ0) is 11.5. The maximum absolute atomic E-state index is 4.20. The lowest BCUT2D eigenvalue weighted by atomic mass is 10.1. The summed E-state index contributed by atoms with van der Waals surface area (Å²) in [5.41, 5.74) is 1.31. The van der Waals surface area contributed by atoms with Crippen LogP contribution >= 0.6 is 24.8 Å². The van der Waals surface area contributed by atoms with Crippen LogP contribution in [0.4, 0.5) is 0 Å². The molecule has 1 aromatic rings. The van der Waals surface area contributed by atoms with E-state index in [4.69, 9.17) is 0 Å². The van der Waals surface area contributed by atoms with Crippen molar-refractivity contribution in [3.63, 3.8) is 0 Å². The van der Waals surface area contributed by atoms with Crippen molar-refractivity contribution in [3.8, 4) is 0 Å².